The molecule has 0 saturated carbocycles. The molecule has 1 aromatic carbocycles. The van der Waals surface area contributed by atoms with Crippen LogP contribution in [0.3, 0.4) is 0 Å². The Morgan fingerprint density at radius 3 is 2.87 bits per heavy atom. The number of benzene rings is 1. The number of carbonyl (C=O) groups is 1. The summed E-state index contributed by atoms with van der Waals surface area (Å²) in [5.74, 6) is 1.63. The molecule has 1 unspecified atom stereocenters. The summed E-state index contributed by atoms with van der Waals surface area (Å²) in [6.07, 6.45) is 2.55. The number of amides is 1. The maximum absolute atomic E-state index is 12.4. The van der Waals surface area contributed by atoms with Gasteiger partial charge in [0, 0.05) is 18.2 Å². The minimum absolute atomic E-state index is 0.152. The Hall–Kier alpha value is -1.91. The van der Waals surface area contributed by atoms with Gasteiger partial charge < -0.3 is 19.1 Å². The lowest BCUT2D eigenvalue weighted by Gasteiger charge is -2.29. The largest absolute Gasteiger partial charge is 0.454 e. The van der Waals surface area contributed by atoms with Gasteiger partial charge in [-0.25, -0.2) is 4.79 Å². The number of hydrogen-bond acceptors (Lipinski definition) is 4. The molecule has 0 aromatic heterocycles. The fourth-order valence-corrected chi connectivity index (χ4v) is 3.23. The summed E-state index contributed by atoms with van der Waals surface area (Å²) in [7, 11) is 0. The van der Waals surface area contributed by atoms with Gasteiger partial charge in [0.1, 0.15) is 5.60 Å². The van der Waals surface area contributed by atoms with Gasteiger partial charge in [-0.1, -0.05) is 6.07 Å². The first kappa shape index (κ1) is 16.0. The van der Waals surface area contributed by atoms with Crippen molar-refractivity contribution in [3.05, 3.63) is 23.3 Å². The van der Waals surface area contributed by atoms with E-state index in [9.17, 15) is 4.79 Å². The van der Waals surface area contributed by atoms with E-state index < -0.39 is 5.60 Å². The smallest absolute Gasteiger partial charge is 0.410 e. The normalized spacial score (nSPS) is 20.0. The van der Waals surface area contributed by atoms with Gasteiger partial charge in [0.05, 0.1) is 0 Å². The topological polar surface area (TPSA) is 48.0 Å². The van der Waals surface area contributed by atoms with Crippen LogP contribution in [0.5, 0.6) is 11.5 Å². The molecule has 1 aromatic rings. The second-order valence-corrected chi connectivity index (χ2v) is 7.27. The van der Waals surface area contributed by atoms with E-state index >= 15 is 0 Å². The number of carbonyl (C=O) groups excluding carboxylic acids is 1. The van der Waals surface area contributed by atoms with Crippen molar-refractivity contribution in [3.63, 3.8) is 0 Å². The number of hydrogen-bond donors (Lipinski definition) is 0. The van der Waals surface area contributed by atoms with E-state index in [1.807, 2.05) is 31.7 Å². The van der Waals surface area contributed by atoms with Crippen LogP contribution in [0.15, 0.2) is 12.1 Å². The molecule has 3 rings (SSSR count). The average Bonchev–Trinajstić information content (AvgIpc) is 3.08. The van der Waals surface area contributed by atoms with Crippen LogP contribution in [-0.2, 0) is 11.2 Å². The maximum Gasteiger partial charge on any atom is 0.410 e. The Morgan fingerprint density at radius 1 is 1.35 bits per heavy atom. The summed E-state index contributed by atoms with van der Waals surface area (Å²) >= 11 is 0. The van der Waals surface area contributed by atoms with Crippen molar-refractivity contribution in [3.8, 4) is 11.5 Å². The van der Waals surface area contributed by atoms with Crippen LogP contribution in [0.4, 0.5) is 4.79 Å². The first-order valence-corrected chi connectivity index (χ1v) is 8.23. The van der Waals surface area contributed by atoms with Gasteiger partial charge in [-0.15, -0.1) is 0 Å². The van der Waals surface area contributed by atoms with E-state index in [0.717, 1.165) is 42.9 Å². The fourth-order valence-electron chi connectivity index (χ4n) is 3.23. The van der Waals surface area contributed by atoms with Crippen LogP contribution in [0.25, 0.3) is 0 Å². The maximum atomic E-state index is 12.4. The van der Waals surface area contributed by atoms with Gasteiger partial charge in [0.2, 0.25) is 6.79 Å². The molecular formula is C18H25NO4. The van der Waals surface area contributed by atoms with Crippen LogP contribution in [0.2, 0.25) is 0 Å². The van der Waals surface area contributed by atoms with E-state index in [1.54, 1.807) is 0 Å². The molecule has 23 heavy (non-hydrogen) atoms. The van der Waals surface area contributed by atoms with Crippen molar-refractivity contribution in [2.45, 2.75) is 58.6 Å². The third-order valence-corrected chi connectivity index (χ3v) is 4.32. The summed E-state index contributed by atoms with van der Waals surface area (Å²) in [6, 6.07) is 4.15. The van der Waals surface area contributed by atoms with Crippen molar-refractivity contribution in [2.75, 3.05) is 13.3 Å². The van der Waals surface area contributed by atoms with E-state index in [0.29, 0.717) is 0 Å². The number of fused-ring (bicyclic) bond motifs is 1. The molecule has 0 spiro atoms. The average molecular weight is 319 g/mol. The zero-order valence-electron chi connectivity index (χ0n) is 14.3. The molecular weight excluding hydrogens is 294 g/mol. The van der Waals surface area contributed by atoms with E-state index in [4.69, 9.17) is 14.2 Å². The Kier molecular flexibility index (Phi) is 4.13. The first-order valence-electron chi connectivity index (χ1n) is 8.23. The van der Waals surface area contributed by atoms with Gasteiger partial charge >= 0.3 is 6.09 Å². The van der Waals surface area contributed by atoms with Crippen molar-refractivity contribution < 1.29 is 19.0 Å². The highest BCUT2D eigenvalue weighted by atomic mass is 16.7. The van der Waals surface area contributed by atoms with Gasteiger partial charge in [-0.05, 0) is 58.6 Å². The third-order valence-electron chi connectivity index (χ3n) is 4.32. The predicted molar refractivity (Wildman–Crippen MR) is 87.0 cm³/mol. The van der Waals surface area contributed by atoms with Crippen LogP contribution in [0.1, 0.15) is 44.7 Å². The minimum Gasteiger partial charge on any atom is -0.454 e. The summed E-state index contributed by atoms with van der Waals surface area (Å²) in [6.45, 7) is 8.79. The highest BCUT2D eigenvalue weighted by Crippen LogP contribution is 2.39. The van der Waals surface area contributed by atoms with E-state index in [2.05, 4.69) is 13.0 Å². The SMILES string of the molecule is Cc1ccc2c(c1CC1CCCN1C(=O)OC(C)(C)C)OCO2. The molecule has 126 valence electrons. The molecule has 1 saturated heterocycles. The third kappa shape index (κ3) is 3.38. The Labute approximate surface area is 137 Å². The van der Waals surface area contributed by atoms with Gasteiger partial charge in [-0.3, -0.25) is 0 Å². The summed E-state index contributed by atoms with van der Waals surface area (Å²) in [4.78, 5) is 14.3. The standard InChI is InChI=1S/C18H25NO4/c1-12-7-8-15-16(22-11-21-15)14(12)10-13-6-5-9-19(13)17(20)23-18(2,3)4/h7-8,13H,5-6,9-11H2,1-4H3. The Bertz CT molecular complexity index is 606. The lowest BCUT2D eigenvalue weighted by Crippen LogP contribution is -2.40. The fraction of sp³-hybridized carbons (Fsp3) is 0.611. The molecule has 1 atom stereocenters. The molecule has 2 aliphatic rings. The Morgan fingerprint density at radius 2 is 2.13 bits per heavy atom. The molecule has 5 nitrogen and oxygen atoms in total. The second kappa shape index (κ2) is 5.95. The highest BCUT2D eigenvalue weighted by molar-refractivity contribution is 5.69. The lowest BCUT2D eigenvalue weighted by atomic mass is 9.98. The van der Waals surface area contributed by atoms with E-state index in [-0.39, 0.29) is 18.9 Å². The van der Waals surface area contributed by atoms with Crippen LogP contribution >= 0.6 is 0 Å². The number of rotatable bonds is 2. The first-order chi connectivity index (χ1) is 10.8. The summed E-state index contributed by atoms with van der Waals surface area (Å²) in [5.41, 5.74) is 1.84. The Balaban J connectivity index is 1.77. The number of likely N-dealkylation sites (tertiary alicyclic amines) is 1. The van der Waals surface area contributed by atoms with Crippen LogP contribution in [0, 0.1) is 6.92 Å². The molecule has 0 radical (unpaired) electrons. The molecule has 2 aliphatic heterocycles. The lowest BCUT2D eigenvalue weighted by molar-refractivity contribution is 0.0226. The van der Waals surface area contributed by atoms with Gasteiger partial charge in [0.25, 0.3) is 0 Å². The van der Waals surface area contributed by atoms with Crippen molar-refractivity contribution in [2.24, 2.45) is 0 Å². The molecule has 2 heterocycles. The highest BCUT2D eigenvalue weighted by Gasteiger charge is 2.33. The zero-order valence-corrected chi connectivity index (χ0v) is 14.3. The predicted octanol–water partition coefficient (Wildman–Crippen LogP) is 3.67. The van der Waals surface area contributed by atoms with Crippen molar-refractivity contribution in [1.29, 1.82) is 0 Å². The number of nitrogens with zero attached hydrogens (tertiary/aromatic N) is 1. The summed E-state index contributed by atoms with van der Waals surface area (Å²) in [5, 5.41) is 0. The van der Waals surface area contributed by atoms with Gasteiger partial charge in [-0.2, -0.15) is 0 Å². The number of ether oxygens (including phenoxy) is 3. The monoisotopic (exact) mass is 319 g/mol. The van der Waals surface area contributed by atoms with E-state index in [1.165, 1.54) is 5.56 Å². The second-order valence-electron chi connectivity index (χ2n) is 7.27. The zero-order chi connectivity index (χ0) is 16.6. The van der Waals surface area contributed by atoms with Crippen LogP contribution in [-0.4, -0.2) is 36.0 Å². The molecule has 0 aliphatic carbocycles. The molecule has 1 fully saturated rings. The quantitative estimate of drug-likeness (QED) is 0.834. The molecule has 5 heteroatoms. The summed E-state index contributed by atoms with van der Waals surface area (Å²) < 4.78 is 16.7. The van der Waals surface area contributed by atoms with Crippen molar-refractivity contribution >= 4 is 6.09 Å². The number of aryl methyl sites for hydroxylation is 1. The molecule has 0 N–H and O–H groups in total. The minimum atomic E-state index is -0.467. The van der Waals surface area contributed by atoms with Gasteiger partial charge in [0.15, 0.2) is 11.5 Å². The van der Waals surface area contributed by atoms with Crippen LogP contribution < -0.4 is 9.47 Å². The van der Waals surface area contributed by atoms with Crippen molar-refractivity contribution in [1.82, 2.24) is 4.90 Å². The molecule has 1 amide bonds. The molecule has 0 bridgehead atoms.